The summed E-state index contributed by atoms with van der Waals surface area (Å²) in [6.07, 6.45) is 0. The molecule has 1 amide bonds. The Balaban J connectivity index is 2.17. The zero-order valence-electron chi connectivity index (χ0n) is 14.1. The first-order valence-electron chi connectivity index (χ1n) is 7.52. The molecule has 2 aromatic rings. The molecule has 124 valence electrons. The van der Waals surface area contributed by atoms with E-state index in [1.165, 1.54) is 0 Å². The number of carbonyl (C=O) groups is 1. The summed E-state index contributed by atoms with van der Waals surface area (Å²) in [7, 11) is 1.59. The Labute approximate surface area is 135 Å². The maximum Gasteiger partial charge on any atom is 0.257 e. The Bertz CT molecular complexity index is 674. The smallest absolute Gasteiger partial charge is 0.257 e. The zero-order chi connectivity index (χ0) is 17.0. The first-order chi connectivity index (χ1) is 11.0. The highest BCUT2D eigenvalue weighted by atomic mass is 16.5. The molecular formula is C17H22N2O4. The lowest BCUT2D eigenvalue weighted by Gasteiger charge is -2.17. The van der Waals surface area contributed by atoms with E-state index in [1.807, 2.05) is 32.0 Å². The number of benzene rings is 1. The minimum absolute atomic E-state index is 0.194. The van der Waals surface area contributed by atoms with Gasteiger partial charge in [0, 0.05) is 0 Å². The van der Waals surface area contributed by atoms with Crippen molar-refractivity contribution in [3.8, 4) is 11.5 Å². The van der Waals surface area contributed by atoms with E-state index in [1.54, 1.807) is 21.0 Å². The van der Waals surface area contributed by atoms with Crippen molar-refractivity contribution in [2.24, 2.45) is 0 Å². The van der Waals surface area contributed by atoms with E-state index in [0.717, 1.165) is 5.56 Å². The van der Waals surface area contributed by atoms with Gasteiger partial charge in [0.15, 0.2) is 11.5 Å². The van der Waals surface area contributed by atoms with Crippen LogP contribution in [0.15, 0.2) is 22.7 Å². The van der Waals surface area contributed by atoms with Crippen LogP contribution in [0, 0.1) is 13.8 Å². The van der Waals surface area contributed by atoms with Crippen LogP contribution in [-0.4, -0.2) is 24.8 Å². The molecule has 0 saturated heterocycles. The second-order valence-corrected chi connectivity index (χ2v) is 5.24. The minimum Gasteiger partial charge on any atom is -0.493 e. The number of aryl methyl sites for hydroxylation is 2. The highest BCUT2D eigenvalue weighted by Gasteiger charge is 2.20. The number of amides is 1. The molecule has 1 aromatic heterocycles. The summed E-state index contributed by atoms with van der Waals surface area (Å²) in [5.41, 5.74) is 1.98. The highest BCUT2D eigenvalue weighted by molar-refractivity contribution is 5.96. The molecule has 0 aliphatic rings. The Morgan fingerprint density at radius 2 is 2.09 bits per heavy atom. The summed E-state index contributed by atoms with van der Waals surface area (Å²) in [4.78, 5) is 12.4. The zero-order valence-corrected chi connectivity index (χ0v) is 14.1. The van der Waals surface area contributed by atoms with Crippen LogP contribution < -0.4 is 14.8 Å². The number of rotatable bonds is 6. The Morgan fingerprint density at radius 3 is 2.65 bits per heavy atom. The van der Waals surface area contributed by atoms with Crippen molar-refractivity contribution >= 4 is 5.91 Å². The molecule has 0 bridgehead atoms. The summed E-state index contributed by atoms with van der Waals surface area (Å²) in [5, 5.41) is 6.75. The van der Waals surface area contributed by atoms with Gasteiger partial charge in [-0.05, 0) is 45.4 Å². The monoisotopic (exact) mass is 318 g/mol. The maximum atomic E-state index is 12.4. The predicted octanol–water partition coefficient (Wildman–Crippen LogP) is 3.19. The molecule has 0 fully saturated rings. The molecule has 6 heteroatoms. The fraction of sp³-hybridized carbons (Fsp3) is 0.412. The van der Waals surface area contributed by atoms with Gasteiger partial charge in [-0.2, -0.15) is 0 Å². The minimum atomic E-state index is -0.207. The number of hydrogen-bond donors (Lipinski definition) is 1. The van der Waals surface area contributed by atoms with Gasteiger partial charge in [-0.3, -0.25) is 4.79 Å². The van der Waals surface area contributed by atoms with Gasteiger partial charge in [0.05, 0.1) is 25.5 Å². The van der Waals surface area contributed by atoms with Crippen molar-refractivity contribution in [2.45, 2.75) is 33.7 Å². The summed E-state index contributed by atoms with van der Waals surface area (Å²) in [5.74, 6) is 1.63. The van der Waals surface area contributed by atoms with Crippen LogP contribution in [0.1, 0.15) is 47.3 Å². The quantitative estimate of drug-likeness (QED) is 0.885. The summed E-state index contributed by atoms with van der Waals surface area (Å²) in [6.45, 7) is 7.86. The molecule has 1 heterocycles. The standard InChI is InChI=1S/C17H22N2O4/c1-6-22-14-8-7-13(9-15(14)21-5)10(2)18-17(20)16-11(3)19-23-12(16)4/h7-10H,6H2,1-5H3,(H,18,20)/t10-/m0/s1. The Morgan fingerprint density at radius 1 is 1.35 bits per heavy atom. The molecule has 0 saturated carbocycles. The molecule has 0 radical (unpaired) electrons. The van der Waals surface area contributed by atoms with Gasteiger partial charge in [-0.25, -0.2) is 0 Å². The van der Waals surface area contributed by atoms with Gasteiger partial charge < -0.3 is 19.3 Å². The lowest BCUT2D eigenvalue weighted by Crippen LogP contribution is -2.27. The van der Waals surface area contributed by atoms with Gasteiger partial charge in [0.2, 0.25) is 0 Å². The lowest BCUT2D eigenvalue weighted by molar-refractivity contribution is 0.0938. The highest BCUT2D eigenvalue weighted by Crippen LogP contribution is 2.30. The van der Waals surface area contributed by atoms with Gasteiger partial charge >= 0.3 is 0 Å². The molecule has 0 aliphatic heterocycles. The van der Waals surface area contributed by atoms with Crippen molar-refractivity contribution < 1.29 is 18.8 Å². The largest absolute Gasteiger partial charge is 0.493 e. The average molecular weight is 318 g/mol. The van der Waals surface area contributed by atoms with Crippen LogP contribution in [-0.2, 0) is 0 Å². The SMILES string of the molecule is CCOc1ccc([C@H](C)NC(=O)c2c(C)noc2C)cc1OC. The van der Waals surface area contributed by atoms with Crippen molar-refractivity contribution in [3.05, 3.63) is 40.8 Å². The molecule has 1 N–H and O–H groups in total. The number of hydrogen-bond acceptors (Lipinski definition) is 5. The number of nitrogens with zero attached hydrogens (tertiary/aromatic N) is 1. The van der Waals surface area contributed by atoms with E-state index in [9.17, 15) is 4.79 Å². The van der Waals surface area contributed by atoms with Crippen molar-refractivity contribution in [3.63, 3.8) is 0 Å². The summed E-state index contributed by atoms with van der Waals surface area (Å²) < 4.78 is 15.9. The van der Waals surface area contributed by atoms with E-state index in [4.69, 9.17) is 14.0 Å². The normalized spacial score (nSPS) is 11.9. The van der Waals surface area contributed by atoms with Crippen LogP contribution in [0.5, 0.6) is 11.5 Å². The number of aromatic nitrogens is 1. The van der Waals surface area contributed by atoms with Crippen LogP contribution in [0.2, 0.25) is 0 Å². The van der Waals surface area contributed by atoms with E-state index in [2.05, 4.69) is 10.5 Å². The molecule has 0 spiro atoms. The van der Waals surface area contributed by atoms with E-state index in [-0.39, 0.29) is 11.9 Å². The topological polar surface area (TPSA) is 73.6 Å². The van der Waals surface area contributed by atoms with Gasteiger partial charge in [-0.15, -0.1) is 0 Å². The van der Waals surface area contributed by atoms with Crippen molar-refractivity contribution in [1.82, 2.24) is 10.5 Å². The molecular weight excluding hydrogens is 296 g/mol. The van der Waals surface area contributed by atoms with Crippen LogP contribution >= 0.6 is 0 Å². The first-order valence-corrected chi connectivity index (χ1v) is 7.52. The van der Waals surface area contributed by atoms with Gasteiger partial charge in [0.25, 0.3) is 5.91 Å². The second-order valence-electron chi connectivity index (χ2n) is 5.24. The molecule has 6 nitrogen and oxygen atoms in total. The van der Waals surface area contributed by atoms with Crippen LogP contribution in [0.4, 0.5) is 0 Å². The molecule has 23 heavy (non-hydrogen) atoms. The third-order valence-corrected chi connectivity index (χ3v) is 3.60. The first kappa shape index (κ1) is 16.9. The van der Waals surface area contributed by atoms with Gasteiger partial charge in [-0.1, -0.05) is 11.2 Å². The Hall–Kier alpha value is -2.50. The third-order valence-electron chi connectivity index (χ3n) is 3.60. The molecule has 1 atom stereocenters. The number of carbonyl (C=O) groups excluding carboxylic acids is 1. The van der Waals surface area contributed by atoms with Crippen molar-refractivity contribution in [2.75, 3.05) is 13.7 Å². The predicted molar refractivity (Wildman–Crippen MR) is 86.0 cm³/mol. The molecule has 1 aromatic carbocycles. The van der Waals surface area contributed by atoms with Gasteiger partial charge in [0.1, 0.15) is 11.3 Å². The third kappa shape index (κ3) is 3.64. The van der Waals surface area contributed by atoms with Crippen molar-refractivity contribution in [1.29, 1.82) is 0 Å². The van der Waals surface area contributed by atoms with E-state index in [0.29, 0.717) is 35.1 Å². The number of methoxy groups -OCH3 is 1. The van der Waals surface area contributed by atoms with Crippen LogP contribution in [0.25, 0.3) is 0 Å². The van der Waals surface area contributed by atoms with E-state index < -0.39 is 0 Å². The fourth-order valence-electron chi connectivity index (χ4n) is 2.39. The van der Waals surface area contributed by atoms with Crippen LogP contribution in [0.3, 0.4) is 0 Å². The summed E-state index contributed by atoms with van der Waals surface area (Å²) >= 11 is 0. The lowest BCUT2D eigenvalue weighted by atomic mass is 10.1. The fourth-order valence-corrected chi connectivity index (χ4v) is 2.39. The molecule has 2 rings (SSSR count). The average Bonchev–Trinajstić information content (AvgIpc) is 2.86. The number of nitrogens with one attached hydrogen (secondary N) is 1. The van der Waals surface area contributed by atoms with E-state index >= 15 is 0 Å². The molecule has 0 aliphatic carbocycles. The second kappa shape index (κ2) is 7.17. The molecule has 0 unspecified atom stereocenters. The number of ether oxygens (including phenoxy) is 2. The maximum absolute atomic E-state index is 12.4. The Kier molecular flexibility index (Phi) is 5.26. The summed E-state index contributed by atoms with van der Waals surface area (Å²) in [6, 6.07) is 5.42.